The molecule has 0 radical (unpaired) electrons. The van der Waals surface area contributed by atoms with Gasteiger partial charge < -0.3 is 14.7 Å². The number of benzene rings is 2. The van der Waals surface area contributed by atoms with Crippen LogP contribution in [0.1, 0.15) is 37.4 Å². The Hall–Kier alpha value is -2.07. The minimum atomic E-state index is -1.33. The smallest absolute Gasteiger partial charge is 0.142 e. The van der Waals surface area contributed by atoms with Gasteiger partial charge in [0.05, 0.1) is 22.5 Å². The van der Waals surface area contributed by atoms with Crippen molar-refractivity contribution >= 4 is 34.3 Å². The highest BCUT2D eigenvalue weighted by Gasteiger charge is 2.35. The molecule has 2 heterocycles. The number of nitrogens with zero attached hydrogens (tertiary/aromatic N) is 2. The molecule has 3 aromatic rings. The van der Waals surface area contributed by atoms with E-state index in [9.17, 15) is 18.3 Å². The first-order chi connectivity index (χ1) is 17.7. The van der Waals surface area contributed by atoms with Gasteiger partial charge in [0.2, 0.25) is 0 Å². The number of hydrogen-bond donors (Lipinski definition) is 1. The molecular formula is C27H29ClF4N2O2S. The zero-order valence-corrected chi connectivity index (χ0v) is 22.0. The summed E-state index contributed by atoms with van der Waals surface area (Å²) in [4.78, 5) is 6.26. The maximum Gasteiger partial charge on any atom is 0.142 e. The molecule has 0 bridgehead atoms. The van der Waals surface area contributed by atoms with Crippen molar-refractivity contribution < 1.29 is 27.4 Å². The number of rotatable bonds is 10. The molecule has 1 N–H and O–H groups in total. The van der Waals surface area contributed by atoms with Gasteiger partial charge in [-0.1, -0.05) is 11.6 Å². The molecule has 0 spiro atoms. The molecule has 1 aliphatic heterocycles. The first kappa shape index (κ1) is 28.0. The molecule has 200 valence electrons. The summed E-state index contributed by atoms with van der Waals surface area (Å²) in [5.74, 6) is -1.71. The highest BCUT2D eigenvalue weighted by molar-refractivity contribution is 7.99. The van der Waals surface area contributed by atoms with Crippen LogP contribution >= 0.6 is 23.4 Å². The Labute approximate surface area is 223 Å². The topological polar surface area (TPSA) is 45.6 Å². The van der Waals surface area contributed by atoms with Crippen LogP contribution in [0.3, 0.4) is 0 Å². The lowest BCUT2D eigenvalue weighted by Crippen LogP contribution is -2.42. The van der Waals surface area contributed by atoms with E-state index in [1.54, 1.807) is 25.3 Å². The summed E-state index contributed by atoms with van der Waals surface area (Å²) in [6.07, 6.45) is 2.18. The number of pyridine rings is 1. The van der Waals surface area contributed by atoms with Gasteiger partial charge >= 0.3 is 0 Å². The van der Waals surface area contributed by atoms with Gasteiger partial charge in [-0.05, 0) is 62.4 Å². The van der Waals surface area contributed by atoms with Crippen molar-refractivity contribution in [3.05, 3.63) is 64.6 Å². The number of halogens is 5. The van der Waals surface area contributed by atoms with Gasteiger partial charge in [0.15, 0.2) is 0 Å². The molecule has 1 saturated heterocycles. The summed E-state index contributed by atoms with van der Waals surface area (Å²) in [5, 5.41) is 11.1. The molecule has 1 unspecified atom stereocenters. The van der Waals surface area contributed by atoms with Crippen LogP contribution in [0.5, 0.6) is 5.75 Å². The molecular weight excluding hydrogens is 528 g/mol. The van der Waals surface area contributed by atoms with Crippen molar-refractivity contribution in [1.29, 1.82) is 0 Å². The fourth-order valence-corrected chi connectivity index (χ4v) is 6.09. The average molecular weight is 557 g/mol. The number of fused-ring (bicyclic) bond motifs is 1. The molecule has 10 heteroatoms. The monoisotopic (exact) mass is 556 g/mol. The SMILES string of the molecule is COc1ccc2ncc(Cl)c(C(F)CCC3(CO)CCN(CCSc4c(F)cc(F)cc4F)CC3)c2c1. The first-order valence-corrected chi connectivity index (χ1v) is 13.5. The van der Waals surface area contributed by atoms with Crippen molar-refractivity contribution in [1.82, 2.24) is 9.88 Å². The van der Waals surface area contributed by atoms with Crippen molar-refractivity contribution in [3.8, 4) is 5.75 Å². The predicted molar refractivity (Wildman–Crippen MR) is 139 cm³/mol. The zero-order valence-electron chi connectivity index (χ0n) is 20.5. The van der Waals surface area contributed by atoms with Gasteiger partial charge in [-0.3, -0.25) is 4.98 Å². The molecule has 37 heavy (non-hydrogen) atoms. The minimum absolute atomic E-state index is 0.0487. The maximum absolute atomic E-state index is 15.6. The van der Waals surface area contributed by atoms with E-state index in [0.29, 0.717) is 79.0 Å². The van der Waals surface area contributed by atoms with Crippen LogP contribution in [0.15, 0.2) is 41.4 Å². The first-order valence-electron chi connectivity index (χ1n) is 12.1. The zero-order chi connectivity index (χ0) is 26.6. The largest absolute Gasteiger partial charge is 0.497 e. The van der Waals surface area contributed by atoms with Crippen LogP contribution in [0.2, 0.25) is 5.02 Å². The van der Waals surface area contributed by atoms with Gasteiger partial charge in [0, 0.05) is 48.2 Å². The van der Waals surface area contributed by atoms with E-state index < -0.39 is 29.0 Å². The summed E-state index contributed by atoms with van der Waals surface area (Å²) in [6.45, 7) is 1.91. The molecule has 0 saturated carbocycles. The summed E-state index contributed by atoms with van der Waals surface area (Å²) in [7, 11) is 1.54. The molecule has 0 aliphatic carbocycles. The Balaban J connectivity index is 1.33. The third-order valence-electron chi connectivity index (χ3n) is 7.18. The molecule has 4 nitrogen and oxygen atoms in total. The van der Waals surface area contributed by atoms with Crippen molar-refractivity contribution in [2.75, 3.05) is 39.1 Å². The third-order valence-corrected chi connectivity index (χ3v) is 8.55. The van der Waals surface area contributed by atoms with Gasteiger partial charge in [-0.25, -0.2) is 17.6 Å². The second kappa shape index (κ2) is 12.2. The molecule has 1 aromatic heterocycles. The average Bonchev–Trinajstić information content (AvgIpc) is 2.89. The lowest BCUT2D eigenvalue weighted by Gasteiger charge is -2.41. The van der Waals surface area contributed by atoms with Gasteiger partial charge in [-0.15, -0.1) is 11.8 Å². The van der Waals surface area contributed by atoms with E-state index in [2.05, 4.69) is 9.88 Å². The Morgan fingerprint density at radius 2 is 1.86 bits per heavy atom. The second-order valence-corrected chi connectivity index (χ2v) is 11.0. The van der Waals surface area contributed by atoms with Gasteiger partial charge in [0.25, 0.3) is 0 Å². The summed E-state index contributed by atoms with van der Waals surface area (Å²) in [6, 6.07) is 6.62. The molecule has 1 aliphatic rings. The van der Waals surface area contributed by atoms with E-state index in [1.807, 2.05) is 0 Å². The van der Waals surface area contributed by atoms with Crippen LogP contribution in [0.4, 0.5) is 17.6 Å². The molecule has 1 atom stereocenters. The van der Waals surface area contributed by atoms with Crippen molar-refractivity contribution in [2.45, 2.75) is 36.8 Å². The minimum Gasteiger partial charge on any atom is -0.497 e. The number of aliphatic hydroxyl groups excluding tert-OH is 1. The van der Waals surface area contributed by atoms with Crippen LogP contribution in [-0.2, 0) is 0 Å². The normalized spacial score (nSPS) is 16.7. The van der Waals surface area contributed by atoms with Gasteiger partial charge in [0.1, 0.15) is 29.4 Å². The Kier molecular flexibility index (Phi) is 9.21. The van der Waals surface area contributed by atoms with Crippen LogP contribution in [-0.4, -0.2) is 54.1 Å². The number of piperidine rings is 1. The number of hydrogen-bond acceptors (Lipinski definition) is 5. The quantitative estimate of drug-likeness (QED) is 0.216. The Morgan fingerprint density at radius 3 is 2.51 bits per heavy atom. The number of aliphatic hydroxyl groups is 1. The number of alkyl halides is 1. The van der Waals surface area contributed by atoms with Gasteiger partial charge in [-0.2, -0.15) is 0 Å². The lowest BCUT2D eigenvalue weighted by molar-refractivity contribution is 0.0323. The summed E-state index contributed by atoms with van der Waals surface area (Å²) >= 11 is 7.37. The molecule has 0 amide bonds. The van der Waals surface area contributed by atoms with E-state index in [-0.39, 0.29) is 22.9 Å². The van der Waals surface area contributed by atoms with Crippen molar-refractivity contribution in [3.63, 3.8) is 0 Å². The van der Waals surface area contributed by atoms with Crippen LogP contribution in [0, 0.1) is 22.9 Å². The molecule has 1 fully saturated rings. The standard InChI is InChI=1S/C27H29ClF4N2O2S/c1-36-18-2-3-24-19(14-18)25(20(28)15-33-24)21(30)4-5-27(16-35)6-8-34(9-7-27)10-11-37-26-22(31)12-17(29)13-23(26)32/h2-3,12-15,21,35H,4-11,16H2,1H3. The summed E-state index contributed by atoms with van der Waals surface area (Å²) < 4.78 is 61.7. The van der Waals surface area contributed by atoms with E-state index in [0.717, 1.165) is 11.8 Å². The second-order valence-electron chi connectivity index (χ2n) is 9.46. The fraction of sp³-hybridized carbons (Fsp3) is 0.444. The van der Waals surface area contributed by atoms with E-state index >= 15 is 4.39 Å². The number of ether oxygens (including phenoxy) is 1. The van der Waals surface area contributed by atoms with Crippen LogP contribution < -0.4 is 4.74 Å². The third kappa shape index (κ3) is 6.50. The number of methoxy groups -OCH3 is 1. The maximum atomic E-state index is 15.6. The fourth-order valence-electron chi connectivity index (χ4n) is 4.87. The number of thioether (sulfide) groups is 1. The highest BCUT2D eigenvalue weighted by Crippen LogP contribution is 2.42. The summed E-state index contributed by atoms with van der Waals surface area (Å²) in [5.41, 5.74) is 0.607. The van der Waals surface area contributed by atoms with Crippen LogP contribution in [0.25, 0.3) is 10.9 Å². The van der Waals surface area contributed by atoms with E-state index in [4.69, 9.17) is 16.3 Å². The van der Waals surface area contributed by atoms with E-state index in [1.165, 1.54) is 6.20 Å². The van der Waals surface area contributed by atoms with Crippen molar-refractivity contribution in [2.24, 2.45) is 5.41 Å². The molecule has 2 aromatic carbocycles. The Bertz CT molecular complexity index is 1220. The Morgan fingerprint density at radius 1 is 1.16 bits per heavy atom. The lowest BCUT2D eigenvalue weighted by atomic mass is 9.74. The number of likely N-dealkylation sites (tertiary alicyclic amines) is 1. The number of aromatic nitrogens is 1. The highest BCUT2D eigenvalue weighted by atomic mass is 35.5. The molecule has 4 rings (SSSR count). The predicted octanol–water partition coefficient (Wildman–Crippen LogP) is 6.97.